The third-order valence-electron chi connectivity index (χ3n) is 0.331. The van der Waals surface area contributed by atoms with Crippen LogP contribution in [-0.2, 0) is 7.58 Å². The van der Waals surface area contributed by atoms with Gasteiger partial charge < -0.3 is 1.43 Å². The molecule has 0 atom stereocenters. The van der Waals surface area contributed by atoms with E-state index in [9.17, 15) is 0 Å². The van der Waals surface area contributed by atoms with Gasteiger partial charge in [0.05, 0.1) is 0 Å². The number of hydrogen-bond donors (Lipinski definition) is 0. The van der Waals surface area contributed by atoms with Crippen molar-refractivity contribution in [3.8, 4) is 0 Å². The molecule has 0 bridgehead atoms. The van der Waals surface area contributed by atoms with Crippen LogP contribution in [0.1, 0.15) is 8.35 Å². The fourth-order valence-corrected chi connectivity index (χ4v) is 0.408. The maximum atomic E-state index is 4.84. The van der Waals surface area contributed by atoms with Gasteiger partial charge in [-0.1, -0.05) is 0 Å². The summed E-state index contributed by atoms with van der Waals surface area (Å²) in [4.78, 5) is 0. The molecule has 0 fully saturated rings. The second-order valence-electron chi connectivity index (χ2n) is 0.787. The Hall–Kier alpha value is 0.452. The molecule has 0 saturated carbocycles. The summed E-state index contributed by atoms with van der Waals surface area (Å²) in [6, 6.07) is 0. The van der Waals surface area contributed by atoms with Gasteiger partial charge in [0.15, 0.2) is 0 Å². The zero-order valence-corrected chi connectivity index (χ0v) is 5.26. The van der Waals surface area contributed by atoms with Crippen molar-refractivity contribution in [1.29, 1.82) is 0 Å². The van der Waals surface area contributed by atoms with Gasteiger partial charge in [-0.25, -0.2) is 0 Å². The third-order valence-corrected chi connectivity index (χ3v) is 0.993. The fourth-order valence-electron chi connectivity index (χ4n) is 0.136. The van der Waals surface area contributed by atoms with Crippen molar-refractivity contribution in [2.24, 2.45) is 0 Å². The molecule has 0 aliphatic rings. The molecule has 0 radical (unpaired) electrons. The molecule has 0 saturated heterocycles. The summed E-state index contributed by atoms with van der Waals surface area (Å²) in [5.41, 5.74) is 0. The normalized spacial score (nSPS) is 7.67. The zero-order valence-electron chi connectivity index (χ0n) is 5.10. The second-order valence-corrected chi connectivity index (χ2v) is 1.78. The van der Waals surface area contributed by atoms with Crippen LogP contribution >= 0.6 is 0 Å². The van der Waals surface area contributed by atoms with Crippen LogP contribution in [0.4, 0.5) is 0 Å². The molecular formula is C3H9AlO2. The van der Waals surface area contributed by atoms with Gasteiger partial charge in [-0.15, -0.1) is 0 Å². The van der Waals surface area contributed by atoms with Gasteiger partial charge >= 0.3 is 44.1 Å². The average Bonchev–Trinajstić information content (AvgIpc) is 1.61. The van der Waals surface area contributed by atoms with Crippen molar-refractivity contribution >= 4 is 15.9 Å². The van der Waals surface area contributed by atoms with E-state index in [-0.39, 0.29) is 17.3 Å². The predicted molar refractivity (Wildman–Crippen MR) is 25.5 cm³/mol. The molecule has 0 unspecified atom stereocenters. The summed E-state index contributed by atoms with van der Waals surface area (Å²) in [5, 5.41) is 0. The van der Waals surface area contributed by atoms with Crippen molar-refractivity contribution in [2.45, 2.75) is 6.92 Å². The first-order valence-electron chi connectivity index (χ1n) is 1.88. The molecule has 0 spiro atoms. The Bertz CT molecular complexity index is 24.9. The summed E-state index contributed by atoms with van der Waals surface area (Å²) in [6.45, 7) is 2.72. The summed E-state index contributed by atoms with van der Waals surface area (Å²) in [6.07, 6.45) is 0. The van der Waals surface area contributed by atoms with Gasteiger partial charge in [0.25, 0.3) is 0 Å². The minimum atomic E-state index is -0.182. The van der Waals surface area contributed by atoms with Crippen LogP contribution in [0.25, 0.3) is 0 Å². The molecule has 0 N–H and O–H groups in total. The molecule has 0 aliphatic carbocycles. The first kappa shape index (κ1) is 6.45. The van der Waals surface area contributed by atoms with Crippen LogP contribution in [-0.4, -0.2) is 29.6 Å². The molecule has 0 amide bonds. The molecule has 3 heteroatoms. The van der Waals surface area contributed by atoms with Gasteiger partial charge in [0, 0.05) is 0 Å². The number of hydrogen-bond acceptors (Lipinski definition) is 2. The van der Waals surface area contributed by atoms with Gasteiger partial charge in [0.2, 0.25) is 0 Å². The maximum Gasteiger partial charge on any atom is -1.00 e. The summed E-state index contributed by atoms with van der Waals surface area (Å²) in [5.74, 6) is 0. The Morgan fingerprint density at radius 3 is 2.67 bits per heavy atom. The Morgan fingerprint density at radius 1 is 1.83 bits per heavy atom. The molecule has 2 nitrogen and oxygen atoms in total. The van der Waals surface area contributed by atoms with Crippen molar-refractivity contribution < 1.29 is 9.00 Å². The molecule has 36 valence electrons. The summed E-state index contributed by atoms with van der Waals surface area (Å²) in [7, 11) is 1.64. The first-order valence-corrected chi connectivity index (χ1v) is 2.82. The number of rotatable bonds is 3. The molecule has 0 aromatic rings. The maximum absolute atomic E-state index is 4.84. The van der Waals surface area contributed by atoms with Crippen LogP contribution < -0.4 is 0 Å². The Morgan fingerprint density at radius 2 is 2.50 bits per heavy atom. The molecule has 0 aromatic carbocycles. The monoisotopic (exact) mass is 104 g/mol. The minimum absolute atomic E-state index is 0. The zero-order chi connectivity index (χ0) is 4.83. The largest absolute Gasteiger partial charge is 1.00 e. The van der Waals surface area contributed by atoms with Crippen LogP contribution in [0.3, 0.4) is 0 Å². The molecule has 0 heterocycles. The van der Waals surface area contributed by atoms with E-state index < -0.39 is 0 Å². The first-order chi connectivity index (χ1) is 2.91. The van der Waals surface area contributed by atoms with E-state index in [0.717, 1.165) is 6.61 Å². The standard InChI is InChI=1S/C2H5O.CH3O.Al.H/c1-2-3;1-2;;/h2H2,1H3;1H3;;/q2*-1;+3;-1. The van der Waals surface area contributed by atoms with Crippen molar-refractivity contribution in [3.05, 3.63) is 0 Å². The van der Waals surface area contributed by atoms with Crippen LogP contribution in [0, 0.1) is 0 Å². The molecule has 0 aromatic heterocycles. The van der Waals surface area contributed by atoms with Crippen molar-refractivity contribution in [3.63, 3.8) is 0 Å². The second kappa shape index (κ2) is 5.45. The van der Waals surface area contributed by atoms with E-state index in [4.69, 9.17) is 3.79 Å². The van der Waals surface area contributed by atoms with Gasteiger partial charge in [0.1, 0.15) is 0 Å². The Kier molecular flexibility index (Phi) is 5.86. The topological polar surface area (TPSA) is 18.5 Å². The quantitative estimate of drug-likeness (QED) is 0.379. The van der Waals surface area contributed by atoms with E-state index in [0.29, 0.717) is 0 Å². The van der Waals surface area contributed by atoms with Gasteiger partial charge in [-0.2, -0.15) is 0 Å². The van der Waals surface area contributed by atoms with Gasteiger partial charge in [-0.05, 0) is 0 Å². The Balaban J connectivity index is 0. The molecule has 6 heavy (non-hydrogen) atoms. The van der Waals surface area contributed by atoms with Crippen LogP contribution in [0.5, 0.6) is 0 Å². The summed E-state index contributed by atoms with van der Waals surface area (Å²) < 4.78 is 9.49. The minimum Gasteiger partial charge on any atom is -1.00 e. The predicted octanol–water partition coefficient (Wildman–Crippen LogP) is 0.316. The molecular weight excluding hydrogens is 95.0 g/mol. The van der Waals surface area contributed by atoms with E-state index in [1.807, 2.05) is 6.92 Å². The third kappa shape index (κ3) is 4.45. The van der Waals surface area contributed by atoms with Crippen LogP contribution in [0.15, 0.2) is 0 Å². The van der Waals surface area contributed by atoms with E-state index in [2.05, 4.69) is 3.79 Å². The fraction of sp³-hybridized carbons (Fsp3) is 1.00. The van der Waals surface area contributed by atoms with Crippen molar-refractivity contribution in [1.82, 2.24) is 0 Å². The van der Waals surface area contributed by atoms with E-state index >= 15 is 0 Å². The smallest absolute Gasteiger partial charge is 1.00 e. The van der Waals surface area contributed by atoms with Crippen molar-refractivity contribution in [2.75, 3.05) is 13.7 Å². The van der Waals surface area contributed by atoms with E-state index in [1.165, 1.54) is 0 Å². The Labute approximate surface area is 46.3 Å². The van der Waals surface area contributed by atoms with Crippen LogP contribution in [0.2, 0.25) is 0 Å². The molecule has 0 aliphatic heterocycles. The summed E-state index contributed by atoms with van der Waals surface area (Å²) >= 11 is -0.182. The SMILES string of the molecule is CC[O][Al+][O]C.[H-]. The van der Waals surface area contributed by atoms with E-state index in [1.54, 1.807) is 7.11 Å². The average molecular weight is 104 g/mol. The molecule has 0 rings (SSSR count). The van der Waals surface area contributed by atoms with Gasteiger partial charge in [-0.3, -0.25) is 0 Å².